The molecule has 0 aliphatic carbocycles. The summed E-state index contributed by atoms with van der Waals surface area (Å²) in [6.45, 7) is 5.10. The third kappa shape index (κ3) is 4.26. The maximum absolute atomic E-state index is 13.3. The van der Waals surface area contributed by atoms with Crippen LogP contribution in [0.5, 0.6) is 0 Å². The molecular weight excluding hydrogens is 375 g/mol. The highest BCUT2D eigenvalue weighted by molar-refractivity contribution is 7.92. The molecule has 0 fully saturated rings. The van der Waals surface area contributed by atoms with Gasteiger partial charge in [0.25, 0.3) is 0 Å². The molecule has 4 nitrogen and oxygen atoms in total. The summed E-state index contributed by atoms with van der Waals surface area (Å²) in [5, 5.41) is -0.484. The van der Waals surface area contributed by atoms with Crippen molar-refractivity contribution < 1.29 is 12.8 Å². The van der Waals surface area contributed by atoms with Gasteiger partial charge in [-0.3, -0.25) is 4.98 Å². The molecule has 0 aliphatic rings. The maximum atomic E-state index is 13.3. The summed E-state index contributed by atoms with van der Waals surface area (Å²) in [4.78, 5) is 9.13. The van der Waals surface area contributed by atoms with Gasteiger partial charge in [-0.15, -0.1) is 0 Å². The molecule has 0 radical (unpaired) electrons. The molecule has 3 aromatic rings. The van der Waals surface area contributed by atoms with E-state index in [2.05, 4.69) is 21.8 Å². The van der Waals surface area contributed by atoms with Gasteiger partial charge in [0.05, 0.1) is 27.7 Å². The van der Waals surface area contributed by atoms with Crippen LogP contribution in [0.25, 0.3) is 11.3 Å². The van der Waals surface area contributed by atoms with Gasteiger partial charge in [0.2, 0.25) is 0 Å². The second kappa shape index (κ2) is 7.91. The van der Waals surface area contributed by atoms with E-state index in [1.807, 2.05) is 0 Å². The zero-order valence-electron chi connectivity index (χ0n) is 15.8. The minimum atomic E-state index is -3.32. The Labute approximate surface area is 164 Å². The predicted octanol–water partition coefficient (Wildman–Crippen LogP) is 4.17. The Balaban J connectivity index is 1.94. The van der Waals surface area contributed by atoms with Crippen molar-refractivity contribution in [2.45, 2.75) is 30.9 Å². The average Bonchev–Trinajstić information content (AvgIpc) is 2.67. The number of benzene rings is 2. The Hall–Kier alpha value is -3.04. The normalized spacial score (nSPS) is 11.2. The molecular formula is C22H19FN2O2S. The van der Waals surface area contributed by atoms with Crippen LogP contribution in [0.1, 0.15) is 30.8 Å². The number of hydrogen-bond donors (Lipinski definition) is 0. The van der Waals surface area contributed by atoms with Crippen molar-refractivity contribution in [2.24, 2.45) is 0 Å². The molecule has 0 saturated heterocycles. The van der Waals surface area contributed by atoms with E-state index >= 15 is 0 Å². The second-order valence-electron chi connectivity index (χ2n) is 6.57. The number of sulfone groups is 1. The van der Waals surface area contributed by atoms with Crippen LogP contribution in [0.2, 0.25) is 0 Å². The van der Waals surface area contributed by atoms with Crippen molar-refractivity contribution in [1.29, 1.82) is 0 Å². The summed E-state index contributed by atoms with van der Waals surface area (Å²) in [6.07, 6.45) is 1.62. The fourth-order valence-electron chi connectivity index (χ4n) is 2.49. The topological polar surface area (TPSA) is 59.9 Å². The molecule has 0 saturated carbocycles. The highest BCUT2D eigenvalue weighted by Crippen LogP contribution is 2.22. The van der Waals surface area contributed by atoms with E-state index in [-0.39, 0.29) is 10.7 Å². The highest BCUT2D eigenvalue weighted by atomic mass is 32.2. The van der Waals surface area contributed by atoms with E-state index in [9.17, 15) is 12.8 Å². The summed E-state index contributed by atoms with van der Waals surface area (Å²) >= 11 is 0. The van der Waals surface area contributed by atoms with Crippen LogP contribution in [0.4, 0.5) is 4.39 Å². The molecule has 3 rings (SSSR count). The van der Waals surface area contributed by atoms with E-state index in [0.29, 0.717) is 22.6 Å². The number of aromatic nitrogens is 2. The van der Waals surface area contributed by atoms with Gasteiger partial charge in [-0.1, -0.05) is 24.1 Å². The van der Waals surface area contributed by atoms with Crippen LogP contribution in [-0.4, -0.2) is 23.6 Å². The Kier molecular flexibility index (Phi) is 5.57. The average molecular weight is 394 g/mol. The standard InChI is InChI=1S/C22H19FN2O2S/c1-15(2)28(26,27)20-10-8-18(9-11-20)22-14-24-16(3)21(25-22)12-7-17-5-4-6-19(23)13-17/h4-6,8-11,13-15H,1-3H3. The molecule has 0 aliphatic heterocycles. The van der Waals surface area contributed by atoms with E-state index in [1.54, 1.807) is 63.4 Å². The molecule has 0 atom stereocenters. The van der Waals surface area contributed by atoms with Crippen molar-refractivity contribution in [1.82, 2.24) is 9.97 Å². The SMILES string of the molecule is Cc1ncc(-c2ccc(S(=O)(=O)C(C)C)cc2)nc1C#Cc1cccc(F)c1. The van der Waals surface area contributed by atoms with Gasteiger partial charge in [-0.05, 0) is 57.0 Å². The maximum Gasteiger partial charge on any atom is 0.180 e. The van der Waals surface area contributed by atoms with Gasteiger partial charge in [0.1, 0.15) is 11.5 Å². The highest BCUT2D eigenvalue weighted by Gasteiger charge is 2.19. The molecule has 1 heterocycles. The van der Waals surface area contributed by atoms with Gasteiger partial charge >= 0.3 is 0 Å². The summed E-state index contributed by atoms with van der Waals surface area (Å²) < 4.78 is 37.8. The van der Waals surface area contributed by atoms with Gasteiger partial charge in [-0.25, -0.2) is 17.8 Å². The molecule has 28 heavy (non-hydrogen) atoms. The first kappa shape index (κ1) is 19.7. The molecule has 0 spiro atoms. The monoisotopic (exact) mass is 394 g/mol. The van der Waals surface area contributed by atoms with Crippen molar-refractivity contribution in [3.05, 3.63) is 77.5 Å². The van der Waals surface area contributed by atoms with E-state index in [1.165, 1.54) is 12.1 Å². The third-order valence-electron chi connectivity index (χ3n) is 4.20. The van der Waals surface area contributed by atoms with Crippen LogP contribution in [0, 0.1) is 24.6 Å². The van der Waals surface area contributed by atoms with E-state index < -0.39 is 15.1 Å². The summed E-state index contributed by atoms with van der Waals surface area (Å²) in [6, 6.07) is 12.6. The summed E-state index contributed by atoms with van der Waals surface area (Å²) in [5.74, 6) is 5.47. The minimum Gasteiger partial charge on any atom is -0.256 e. The molecule has 6 heteroatoms. The van der Waals surface area contributed by atoms with Crippen LogP contribution in [0.3, 0.4) is 0 Å². The first-order valence-electron chi connectivity index (χ1n) is 8.73. The van der Waals surface area contributed by atoms with Gasteiger partial charge in [0, 0.05) is 11.1 Å². The van der Waals surface area contributed by atoms with Crippen molar-refractivity contribution in [3.63, 3.8) is 0 Å². The lowest BCUT2D eigenvalue weighted by molar-refractivity contribution is 0.587. The lowest BCUT2D eigenvalue weighted by atomic mass is 10.1. The smallest absolute Gasteiger partial charge is 0.180 e. The summed E-state index contributed by atoms with van der Waals surface area (Å²) in [5.41, 5.74) is 3.02. The number of nitrogens with zero attached hydrogens (tertiary/aromatic N) is 2. The Morgan fingerprint density at radius 3 is 2.39 bits per heavy atom. The lowest BCUT2D eigenvalue weighted by Gasteiger charge is -2.09. The first-order chi connectivity index (χ1) is 13.3. The molecule has 0 bridgehead atoms. The Morgan fingerprint density at radius 2 is 1.75 bits per heavy atom. The predicted molar refractivity (Wildman–Crippen MR) is 107 cm³/mol. The molecule has 0 N–H and O–H groups in total. The van der Waals surface area contributed by atoms with Crippen LogP contribution >= 0.6 is 0 Å². The third-order valence-corrected chi connectivity index (χ3v) is 6.37. The van der Waals surface area contributed by atoms with Crippen LogP contribution in [-0.2, 0) is 9.84 Å². The molecule has 1 aromatic heterocycles. The number of aryl methyl sites for hydroxylation is 1. The van der Waals surface area contributed by atoms with E-state index in [4.69, 9.17) is 0 Å². The number of hydrogen-bond acceptors (Lipinski definition) is 4. The van der Waals surface area contributed by atoms with Crippen molar-refractivity contribution >= 4 is 9.84 Å². The Bertz CT molecular complexity index is 1180. The zero-order valence-corrected chi connectivity index (χ0v) is 16.6. The molecule has 0 amide bonds. The number of rotatable bonds is 3. The number of halogens is 1. The second-order valence-corrected chi connectivity index (χ2v) is 9.07. The molecule has 0 unspecified atom stereocenters. The first-order valence-corrected chi connectivity index (χ1v) is 10.3. The Morgan fingerprint density at radius 1 is 1.04 bits per heavy atom. The van der Waals surface area contributed by atoms with Gasteiger partial charge in [0.15, 0.2) is 9.84 Å². The molecule has 142 valence electrons. The van der Waals surface area contributed by atoms with Gasteiger partial charge < -0.3 is 0 Å². The largest absolute Gasteiger partial charge is 0.256 e. The van der Waals surface area contributed by atoms with Gasteiger partial charge in [-0.2, -0.15) is 0 Å². The van der Waals surface area contributed by atoms with Crippen molar-refractivity contribution in [3.8, 4) is 23.1 Å². The zero-order chi connectivity index (χ0) is 20.3. The van der Waals surface area contributed by atoms with Crippen LogP contribution in [0.15, 0.2) is 59.6 Å². The molecule has 2 aromatic carbocycles. The fourth-order valence-corrected chi connectivity index (χ4v) is 3.55. The summed E-state index contributed by atoms with van der Waals surface area (Å²) in [7, 11) is -3.32. The minimum absolute atomic E-state index is 0.275. The fraction of sp³-hybridized carbons (Fsp3) is 0.182. The van der Waals surface area contributed by atoms with Crippen molar-refractivity contribution in [2.75, 3.05) is 0 Å². The van der Waals surface area contributed by atoms with Crippen LogP contribution < -0.4 is 0 Å². The quantitative estimate of drug-likeness (QED) is 0.626. The van der Waals surface area contributed by atoms with E-state index in [0.717, 1.165) is 5.56 Å². The lowest BCUT2D eigenvalue weighted by Crippen LogP contribution is -2.13.